The third-order valence-corrected chi connectivity index (χ3v) is 3.59. The van der Waals surface area contributed by atoms with E-state index < -0.39 is 17.5 Å². The summed E-state index contributed by atoms with van der Waals surface area (Å²) in [4.78, 5) is 20.8. The average Bonchev–Trinajstić information content (AvgIpc) is 3.09. The fourth-order valence-electron chi connectivity index (χ4n) is 2.20. The molecule has 9 heteroatoms. The molecule has 0 N–H and O–H groups in total. The summed E-state index contributed by atoms with van der Waals surface area (Å²) in [7, 11) is 0. The molecular formula is C15H14F3N3O3. The van der Waals surface area contributed by atoms with Crippen LogP contribution in [0.2, 0.25) is 0 Å². The molecule has 2 aromatic rings. The van der Waals surface area contributed by atoms with E-state index in [-0.39, 0.29) is 18.3 Å². The second-order valence-corrected chi connectivity index (χ2v) is 6.12. The lowest BCUT2D eigenvalue weighted by Gasteiger charge is -2.16. The minimum Gasteiger partial charge on any atom is -0.329 e. The van der Waals surface area contributed by atoms with Crippen molar-refractivity contribution < 1.29 is 27.3 Å². The van der Waals surface area contributed by atoms with Gasteiger partial charge in [0.15, 0.2) is 0 Å². The van der Waals surface area contributed by atoms with E-state index in [9.17, 15) is 18.0 Å². The fraction of sp³-hybridized carbons (Fsp3) is 0.400. The molecule has 128 valence electrons. The molecule has 1 amide bonds. The Morgan fingerprint density at radius 3 is 2.42 bits per heavy atom. The average molecular weight is 341 g/mol. The van der Waals surface area contributed by atoms with Crippen molar-refractivity contribution in [1.82, 2.24) is 15.2 Å². The molecule has 3 rings (SSSR count). The Morgan fingerprint density at radius 1 is 1.25 bits per heavy atom. The Labute approximate surface area is 135 Å². The van der Waals surface area contributed by atoms with E-state index >= 15 is 0 Å². The number of halogens is 3. The molecule has 0 aliphatic carbocycles. The highest BCUT2D eigenvalue weighted by Crippen LogP contribution is 2.30. The van der Waals surface area contributed by atoms with Gasteiger partial charge in [-0.1, -0.05) is 29.4 Å². The standard InChI is InChI=1S/C15H14F3N3O3/c1-14(2)8-23-21(13(14)22)7-9-3-5-10(6-4-9)11-19-12(24-20-11)15(16,17)18/h3-6H,7-8H2,1-2H3. The van der Waals surface area contributed by atoms with Gasteiger partial charge in [0.05, 0.1) is 18.6 Å². The Balaban J connectivity index is 1.72. The largest absolute Gasteiger partial charge is 0.471 e. The Morgan fingerprint density at radius 2 is 1.92 bits per heavy atom. The molecule has 1 fully saturated rings. The van der Waals surface area contributed by atoms with Crippen molar-refractivity contribution in [1.29, 1.82) is 0 Å². The summed E-state index contributed by atoms with van der Waals surface area (Å²) >= 11 is 0. The third kappa shape index (κ3) is 3.12. The highest BCUT2D eigenvalue weighted by molar-refractivity contribution is 5.82. The zero-order valence-electron chi connectivity index (χ0n) is 12.9. The smallest absolute Gasteiger partial charge is 0.329 e. The van der Waals surface area contributed by atoms with Gasteiger partial charge < -0.3 is 4.52 Å². The quantitative estimate of drug-likeness (QED) is 0.858. The number of alkyl halides is 3. The second-order valence-electron chi connectivity index (χ2n) is 6.12. The Bertz CT molecular complexity index is 753. The summed E-state index contributed by atoms with van der Waals surface area (Å²) < 4.78 is 41.6. The van der Waals surface area contributed by atoms with E-state index in [4.69, 9.17) is 4.84 Å². The van der Waals surface area contributed by atoms with E-state index in [0.717, 1.165) is 5.56 Å². The summed E-state index contributed by atoms with van der Waals surface area (Å²) in [5, 5.41) is 4.60. The van der Waals surface area contributed by atoms with Crippen LogP contribution in [-0.2, 0) is 22.4 Å². The number of aromatic nitrogens is 2. The van der Waals surface area contributed by atoms with E-state index in [0.29, 0.717) is 12.2 Å². The van der Waals surface area contributed by atoms with Gasteiger partial charge in [-0.15, -0.1) is 0 Å². The van der Waals surface area contributed by atoms with Crippen LogP contribution in [0.25, 0.3) is 11.4 Å². The van der Waals surface area contributed by atoms with Crippen molar-refractivity contribution >= 4 is 5.91 Å². The van der Waals surface area contributed by atoms with Gasteiger partial charge in [0.25, 0.3) is 5.91 Å². The van der Waals surface area contributed by atoms with E-state index in [1.54, 1.807) is 38.1 Å². The summed E-state index contributed by atoms with van der Waals surface area (Å²) in [5.41, 5.74) is 0.592. The van der Waals surface area contributed by atoms with Crippen LogP contribution in [0.5, 0.6) is 0 Å². The minimum absolute atomic E-state index is 0.112. The number of amides is 1. The molecule has 0 atom stereocenters. The van der Waals surface area contributed by atoms with E-state index in [2.05, 4.69) is 14.7 Å². The SMILES string of the molecule is CC1(C)CON(Cc2ccc(-c3noc(C(F)(F)F)n3)cc2)C1=O. The van der Waals surface area contributed by atoms with Crippen molar-refractivity contribution in [3.63, 3.8) is 0 Å². The number of rotatable bonds is 3. The molecule has 0 radical (unpaired) electrons. The number of carbonyl (C=O) groups excluding carboxylic acids is 1. The van der Waals surface area contributed by atoms with Gasteiger partial charge in [0.1, 0.15) is 0 Å². The van der Waals surface area contributed by atoms with Crippen molar-refractivity contribution in [2.45, 2.75) is 26.6 Å². The molecule has 6 nitrogen and oxygen atoms in total. The maximum absolute atomic E-state index is 12.5. The Kier molecular flexibility index (Phi) is 3.83. The predicted octanol–water partition coefficient (Wildman–Crippen LogP) is 3.06. The zero-order valence-corrected chi connectivity index (χ0v) is 12.9. The molecule has 0 unspecified atom stereocenters. The molecule has 1 aromatic heterocycles. The highest BCUT2D eigenvalue weighted by atomic mass is 19.4. The highest BCUT2D eigenvalue weighted by Gasteiger charge is 2.40. The number of carbonyl (C=O) groups is 1. The molecule has 0 bridgehead atoms. The zero-order chi connectivity index (χ0) is 17.5. The van der Waals surface area contributed by atoms with Crippen molar-refractivity contribution in [3.8, 4) is 11.4 Å². The van der Waals surface area contributed by atoms with Gasteiger partial charge >= 0.3 is 12.1 Å². The van der Waals surface area contributed by atoms with Gasteiger partial charge in [-0.3, -0.25) is 9.63 Å². The van der Waals surface area contributed by atoms with Gasteiger partial charge in [-0.05, 0) is 19.4 Å². The number of hydrogen-bond donors (Lipinski definition) is 0. The molecule has 1 aromatic carbocycles. The molecule has 1 aliphatic rings. The van der Waals surface area contributed by atoms with Crippen LogP contribution in [0.4, 0.5) is 13.2 Å². The number of hydroxylamine groups is 2. The van der Waals surface area contributed by atoms with Crippen LogP contribution in [-0.4, -0.2) is 27.7 Å². The number of benzene rings is 1. The first kappa shape index (κ1) is 16.4. The lowest BCUT2D eigenvalue weighted by Crippen LogP contribution is -2.30. The maximum Gasteiger partial charge on any atom is 0.471 e. The second kappa shape index (κ2) is 5.59. The van der Waals surface area contributed by atoms with E-state index in [1.165, 1.54) is 5.06 Å². The predicted molar refractivity (Wildman–Crippen MR) is 75.0 cm³/mol. The monoisotopic (exact) mass is 341 g/mol. The fourth-order valence-corrected chi connectivity index (χ4v) is 2.20. The van der Waals surface area contributed by atoms with E-state index in [1.807, 2.05) is 0 Å². The van der Waals surface area contributed by atoms with Gasteiger partial charge in [0.2, 0.25) is 5.82 Å². The summed E-state index contributed by atoms with van der Waals surface area (Å²) in [6, 6.07) is 6.46. The van der Waals surface area contributed by atoms with Gasteiger partial charge in [-0.2, -0.15) is 18.2 Å². The Hall–Kier alpha value is -2.42. The van der Waals surface area contributed by atoms with Crippen molar-refractivity contribution in [2.75, 3.05) is 6.61 Å². The summed E-state index contributed by atoms with van der Waals surface area (Å²) in [5.74, 6) is -1.65. The normalized spacial score (nSPS) is 17.5. The molecule has 2 heterocycles. The van der Waals surface area contributed by atoms with Gasteiger partial charge in [-0.25, -0.2) is 5.06 Å². The van der Waals surface area contributed by atoms with Crippen LogP contribution in [0.3, 0.4) is 0 Å². The topological polar surface area (TPSA) is 68.5 Å². The molecule has 1 saturated heterocycles. The summed E-state index contributed by atoms with van der Waals surface area (Å²) in [6.07, 6.45) is -4.68. The number of hydrogen-bond acceptors (Lipinski definition) is 5. The van der Waals surface area contributed by atoms with Crippen LogP contribution >= 0.6 is 0 Å². The minimum atomic E-state index is -4.68. The molecule has 0 spiro atoms. The van der Waals surface area contributed by atoms with Crippen LogP contribution in [0.15, 0.2) is 28.8 Å². The number of nitrogens with zero attached hydrogens (tertiary/aromatic N) is 3. The molecule has 24 heavy (non-hydrogen) atoms. The summed E-state index contributed by atoms with van der Waals surface area (Å²) in [6.45, 7) is 4.16. The molecule has 0 saturated carbocycles. The van der Waals surface area contributed by atoms with Crippen molar-refractivity contribution in [2.24, 2.45) is 5.41 Å². The lowest BCUT2D eigenvalue weighted by atomic mass is 9.95. The van der Waals surface area contributed by atoms with Crippen LogP contribution < -0.4 is 0 Å². The van der Waals surface area contributed by atoms with Crippen LogP contribution in [0, 0.1) is 5.41 Å². The van der Waals surface area contributed by atoms with Crippen LogP contribution in [0.1, 0.15) is 25.3 Å². The lowest BCUT2D eigenvalue weighted by molar-refractivity contribution is -0.165. The third-order valence-electron chi connectivity index (χ3n) is 3.59. The van der Waals surface area contributed by atoms with Gasteiger partial charge in [0, 0.05) is 5.56 Å². The van der Waals surface area contributed by atoms with Crippen molar-refractivity contribution in [3.05, 3.63) is 35.7 Å². The first-order valence-electron chi connectivity index (χ1n) is 7.12. The molecule has 1 aliphatic heterocycles. The first-order chi connectivity index (χ1) is 11.2. The first-order valence-corrected chi connectivity index (χ1v) is 7.12. The molecular weight excluding hydrogens is 327 g/mol. The maximum atomic E-state index is 12.5.